The zero-order chi connectivity index (χ0) is 11.0. The van der Waals surface area contributed by atoms with Crippen molar-refractivity contribution < 1.29 is 4.79 Å². The van der Waals surface area contributed by atoms with Gasteiger partial charge < -0.3 is 10.6 Å². The molecule has 0 aromatic carbocycles. The molecule has 0 aromatic rings. The van der Waals surface area contributed by atoms with Crippen LogP contribution in [0, 0.1) is 17.2 Å². The summed E-state index contributed by atoms with van der Waals surface area (Å²) in [6.07, 6.45) is 1.09. The van der Waals surface area contributed by atoms with E-state index in [1.807, 2.05) is 6.07 Å². The minimum atomic E-state index is -0.123. The summed E-state index contributed by atoms with van der Waals surface area (Å²) in [7, 11) is 0. The first-order valence-corrected chi connectivity index (χ1v) is 4.98. The number of nitrogens with zero attached hydrogens (tertiary/aromatic N) is 1. The zero-order valence-electron chi connectivity index (χ0n) is 9.13. The van der Waals surface area contributed by atoms with Gasteiger partial charge in [0.25, 0.3) is 0 Å². The van der Waals surface area contributed by atoms with Crippen molar-refractivity contribution in [2.45, 2.75) is 33.2 Å². The molecule has 0 bridgehead atoms. The van der Waals surface area contributed by atoms with E-state index in [9.17, 15) is 4.79 Å². The maximum atomic E-state index is 11.1. The molecular weight excluding hydrogens is 178 g/mol. The average molecular weight is 197 g/mol. The topological polar surface area (TPSA) is 64.9 Å². The minimum Gasteiger partial charge on any atom is -0.342 e. The van der Waals surface area contributed by atoms with Crippen molar-refractivity contribution >= 4 is 5.91 Å². The van der Waals surface area contributed by atoms with Gasteiger partial charge in [-0.2, -0.15) is 5.26 Å². The van der Waals surface area contributed by atoms with Crippen LogP contribution >= 0.6 is 0 Å². The smallest absolute Gasteiger partial charge is 0.234 e. The highest BCUT2D eigenvalue weighted by atomic mass is 16.1. The van der Waals surface area contributed by atoms with Crippen molar-refractivity contribution in [1.29, 1.82) is 5.26 Å². The Kier molecular flexibility index (Phi) is 6.77. The third-order valence-electron chi connectivity index (χ3n) is 2.45. The van der Waals surface area contributed by atoms with Gasteiger partial charge in [0.15, 0.2) is 0 Å². The van der Waals surface area contributed by atoms with Crippen molar-refractivity contribution in [3.63, 3.8) is 0 Å². The van der Waals surface area contributed by atoms with E-state index in [-0.39, 0.29) is 19.0 Å². The molecule has 0 radical (unpaired) electrons. The fourth-order valence-electron chi connectivity index (χ4n) is 1.01. The summed E-state index contributed by atoms with van der Waals surface area (Å²) in [6, 6.07) is 2.19. The van der Waals surface area contributed by atoms with Crippen molar-refractivity contribution in [2.24, 2.45) is 5.92 Å². The summed E-state index contributed by atoms with van der Waals surface area (Å²) in [5.41, 5.74) is 0. The van der Waals surface area contributed by atoms with Crippen molar-refractivity contribution in [3.05, 3.63) is 0 Å². The number of carbonyl (C=O) groups excluding carboxylic acids is 1. The van der Waals surface area contributed by atoms with Crippen molar-refractivity contribution in [3.8, 4) is 6.07 Å². The van der Waals surface area contributed by atoms with Crippen LogP contribution in [0.4, 0.5) is 0 Å². The van der Waals surface area contributed by atoms with Gasteiger partial charge in [-0.15, -0.1) is 0 Å². The van der Waals surface area contributed by atoms with Gasteiger partial charge in [-0.1, -0.05) is 20.3 Å². The molecule has 2 atom stereocenters. The molecular formula is C10H19N3O. The third kappa shape index (κ3) is 5.55. The Morgan fingerprint density at radius 3 is 2.64 bits per heavy atom. The van der Waals surface area contributed by atoms with Crippen LogP contribution in [0.2, 0.25) is 0 Å². The second kappa shape index (κ2) is 7.34. The maximum Gasteiger partial charge on any atom is 0.234 e. The molecule has 0 aliphatic heterocycles. The van der Waals surface area contributed by atoms with E-state index >= 15 is 0 Å². The lowest BCUT2D eigenvalue weighted by Crippen LogP contribution is -2.40. The highest BCUT2D eigenvalue weighted by Gasteiger charge is 2.10. The number of carbonyl (C=O) groups is 1. The number of nitrogens with one attached hydrogen (secondary N) is 2. The molecule has 0 saturated carbocycles. The minimum absolute atomic E-state index is 0.0816. The monoisotopic (exact) mass is 197 g/mol. The molecule has 0 aromatic heterocycles. The summed E-state index contributed by atoms with van der Waals surface area (Å²) < 4.78 is 0. The van der Waals surface area contributed by atoms with E-state index in [4.69, 9.17) is 5.26 Å². The van der Waals surface area contributed by atoms with E-state index in [2.05, 4.69) is 31.4 Å². The van der Waals surface area contributed by atoms with Crippen LogP contribution in [0.1, 0.15) is 27.2 Å². The average Bonchev–Trinajstić information content (AvgIpc) is 2.21. The molecule has 4 nitrogen and oxygen atoms in total. The first-order chi connectivity index (χ1) is 6.61. The summed E-state index contributed by atoms with van der Waals surface area (Å²) in [5.74, 6) is 0.431. The summed E-state index contributed by atoms with van der Waals surface area (Å²) in [5, 5.41) is 13.8. The predicted molar refractivity (Wildman–Crippen MR) is 55.5 cm³/mol. The Bertz CT molecular complexity index is 210. The summed E-state index contributed by atoms with van der Waals surface area (Å²) in [6.45, 7) is 6.70. The first kappa shape index (κ1) is 12.9. The quantitative estimate of drug-likeness (QED) is 0.614. The molecule has 2 unspecified atom stereocenters. The molecule has 0 aliphatic rings. The van der Waals surface area contributed by atoms with Gasteiger partial charge in [0.1, 0.15) is 6.54 Å². The van der Waals surface area contributed by atoms with Gasteiger partial charge in [-0.3, -0.25) is 4.79 Å². The third-order valence-corrected chi connectivity index (χ3v) is 2.45. The molecule has 0 rings (SSSR count). The van der Waals surface area contributed by atoms with Crippen LogP contribution in [-0.4, -0.2) is 25.0 Å². The SMILES string of the molecule is CCC(C)C(C)NCC(=O)NCC#N. The number of nitriles is 1. The Morgan fingerprint density at radius 1 is 1.50 bits per heavy atom. The van der Waals surface area contributed by atoms with Crippen molar-refractivity contribution in [1.82, 2.24) is 10.6 Å². The largest absolute Gasteiger partial charge is 0.342 e. The molecule has 14 heavy (non-hydrogen) atoms. The summed E-state index contributed by atoms with van der Waals surface area (Å²) >= 11 is 0. The van der Waals surface area contributed by atoms with E-state index in [1.165, 1.54) is 0 Å². The standard InChI is InChI=1S/C10H19N3O/c1-4-8(2)9(3)13-7-10(14)12-6-5-11/h8-9,13H,4,6-7H2,1-3H3,(H,12,14). The van der Waals surface area contributed by atoms with Crippen LogP contribution in [0.3, 0.4) is 0 Å². The van der Waals surface area contributed by atoms with Gasteiger partial charge in [0, 0.05) is 6.04 Å². The Hall–Kier alpha value is -1.08. The van der Waals surface area contributed by atoms with Gasteiger partial charge in [0.05, 0.1) is 12.6 Å². The Morgan fingerprint density at radius 2 is 2.14 bits per heavy atom. The maximum absolute atomic E-state index is 11.1. The molecule has 1 amide bonds. The Balaban J connectivity index is 3.61. The lowest BCUT2D eigenvalue weighted by atomic mass is 10.0. The molecule has 0 fully saturated rings. The van der Waals surface area contributed by atoms with Gasteiger partial charge >= 0.3 is 0 Å². The molecule has 4 heteroatoms. The lowest BCUT2D eigenvalue weighted by Gasteiger charge is -2.19. The van der Waals surface area contributed by atoms with E-state index in [1.54, 1.807) is 0 Å². The predicted octanol–water partition coefficient (Wildman–Crippen LogP) is 0.650. The molecule has 0 spiro atoms. The number of rotatable bonds is 6. The molecule has 0 saturated heterocycles. The summed E-state index contributed by atoms with van der Waals surface area (Å²) in [4.78, 5) is 11.1. The van der Waals surface area contributed by atoms with Gasteiger partial charge in [-0.05, 0) is 12.8 Å². The van der Waals surface area contributed by atoms with Crippen LogP contribution < -0.4 is 10.6 Å². The number of hydrogen-bond acceptors (Lipinski definition) is 3. The van der Waals surface area contributed by atoms with Crippen LogP contribution in [0.5, 0.6) is 0 Å². The molecule has 0 aliphatic carbocycles. The fourth-order valence-corrected chi connectivity index (χ4v) is 1.01. The Labute approximate surface area is 85.7 Å². The van der Waals surface area contributed by atoms with E-state index in [0.29, 0.717) is 12.0 Å². The van der Waals surface area contributed by atoms with Crippen LogP contribution in [0.25, 0.3) is 0 Å². The number of hydrogen-bond donors (Lipinski definition) is 2. The van der Waals surface area contributed by atoms with Crippen LogP contribution in [-0.2, 0) is 4.79 Å². The van der Waals surface area contributed by atoms with Gasteiger partial charge in [0.2, 0.25) is 5.91 Å². The van der Waals surface area contributed by atoms with Gasteiger partial charge in [-0.25, -0.2) is 0 Å². The van der Waals surface area contributed by atoms with E-state index < -0.39 is 0 Å². The highest BCUT2D eigenvalue weighted by Crippen LogP contribution is 2.05. The second-order valence-electron chi connectivity index (χ2n) is 3.49. The first-order valence-electron chi connectivity index (χ1n) is 4.98. The molecule has 80 valence electrons. The molecule has 2 N–H and O–H groups in total. The zero-order valence-corrected chi connectivity index (χ0v) is 9.13. The normalized spacial score (nSPS) is 14.1. The second-order valence-corrected chi connectivity index (χ2v) is 3.49. The fraction of sp³-hybridized carbons (Fsp3) is 0.800. The van der Waals surface area contributed by atoms with Crippen molar-refractivity contribution in [2.75, 3.05) is 13.1 Å². The van der Waals surface area contributed by atoms with E-state index in [0.717, 1.165) is 6.42 Å². The number of amides is 1. The highest BCUT2D eigenvalue weighted by molar-refractivity contribution is 5.78. The van der Waals surface area contributed by atoms with Crippen LogP contribution in [0.15, 0.2) is 0 Å². The lowest BCUT2D eigenvalue weighted by molar-refractivity contribution is -0.120. The molecule has 0 heterocycles.